The van der Waals surface area contributed by atoms with Crippen LogP contribution in [0.1, 0.15) is 0 Å². The SMILES string of the molecule is C=CCn1c(-c2cccc([N+](=O)[O-])c2)csc1=Nc1cccc(O)c1. The zero-order valence-corrected chi connectivity index (χ0v) is 14.0. The number of benzene rings is 2. The van der Waals surface area contributed by atoms with Crippen LogP contribution in [0, 0.1) is 10.1 Å². The summed E-state index contributed by atoms with van der Waals surface area (Å²) in [5, 5.41) is 22.5. The van der Waals surface area contributed by atoms with E-state index in [0.29, 0.717) is 17.0 Å². The van der Waals surface area contributed by atoms with Gasteiger partial charge in [-0.05, 0) is 12.1 Å². The zero-order valence-electron chi connectivity index (χ0n) is 13.2. The lowest BCUT2D eigenvalue weighted by Crippen LogP contribution is -2.14. The molecule has 0 unspecified atom stereocenters. The molecule has 2 aromatic carbocycles. The Labute approximate surface area is 147 Å². The number of thiazole rings is 1. The molecule has 0 saturated heterocycles. The molecule has 1 aromatic heterocycles. The van der Waals surface area contributed by atoms with Gasteiger partial charge in [-0.15, -0.1) is 17.9 Å². The fourth-order valence-electron chi connectivity index (χ4n) is 2.41. The van der Waals surface area contributed by atoms with Crippen molar-refractivity contribution in [3.05, 3.63) is 81.5 Å². The molecule has 0 saturated carbocycles. The third kappa shape index (κ3) is 3.67. The zero-order chi connectivity index (χ0) is 17.8. The number of rotatable bonds is 5. The van der Waals surface area contributed by atoms with Gasteiger partial charge in [0.15, 0.2) is 4.80 Å². The molecule has 3 aromatic rings. The molecule has 1 N–H and O–H groups in total. The Morgan fingerprint density at radius 1 is 1.28 bits per heavy atom. The van der Waals surface area contributed by atoms with Crippen molar-refractivity contribution < 1.29 is 10.0 Å². The van der Waals surface area contributed by atoms with Gasteiger partial charge in [0.05, 0.1) is 16.3 Å². The second kappa shape index (κ2) is 7.14. The molecule has 0 atom stereocenters. The van der Waals surface area contributed by atoms with Crippen molar-refractivity contribution in [2.45, 2.75) is 6.54 Å². The maximum atomic E-state index is 11.0. The van der Waals surface area contributed by atoms with Crippen molar-refractivity contribution in [2.75, 3.05) is 0 Å². The Bertz CT molecular complexity index is 1000. The van der Waals surface area contributed by atoms with E-state index in [4.69, 9.17) is 0 Å². The van der Waals surface area contributed by atoms with Crippen LogP contribution in [0.4, 0.5) is 11.4 Å². The first-order chi connectivity index (χ1) is 12.1. The lowest BCUT2D eigenvalue weighted by molar-refractivity contribution is -0.384. The summed E-state index contributed by atoms with van der Waals surface area (Å²) >= 11 is 1.42. The fourth-order valence-corrected chi connectivity index (χ4v) is 3.35. The van der Waals surface area contributed by atoms with E-state index in [2.05, 4.69) is 11.6 Å². The lowest BCUT2D eigenvalue weighted by Gasteiger charge is -2.06. The number of aromatic nitrogens is 1. The molecule has 0 aliphatic rings. The Hall–Kier alpha value is -3.19. The Balaban J connectivity index is 2.13. The molecule has 0 aliphatic heterocycles. The standard InChI is InChI=1S/C18H15N3O3S/c1-2-9-20-17(13-5-3-7-15(10-13)21(23)24)12-25-18(20)19-14-6-4-8-16(22)11-14/h2-8,10-12,22H,1,9H2. The van der Waals surface area contributed by atoms with Gasteiger partial charge < -0.3 is 9.67 Å². The lowest BCUT2D eigenvalue weighted by atomic mass is 10.1. The minimum Gasteiger partial charge on any atom is -0.508 e. The molecule has 25 heavy (non-hydrogen) atoms. The number of nitro benzene ring substituents is 1. The van der Waals surface area contributed by atoms with Crippen molar-refractivity contribution in [3.8, 4) is 17.0 Å². The molecule has 0 fully saturated rings. The van der Waals surface area contributed by atoms with Crippen LogP contribution < -0.4 is 4.80 Å². The predicted molar refractivity (Wildman–Crippen MR) is 97.9 cm³/mol. The van der Waals surface area contributed by atoms with E-state index in [1.807, 2.05) is 16.0 Å². The molecule has 7 heteroatoms. The summed E-state index contributed by atoms with van der Waals surface area (Å²) < 4.78 is 1.93. The number of phenols is 1. The molecule has 0 radical (unpaired) electrons. The quantitative estimate of drug-likeness (QED) is 0.423. The molecule has 0 bridgehead atoms. The van der Waals surface area contributed by atoms with E-state index in [9.17, 15) is 15.2 Å². The summed E-state index contributed by atoms with van der Waals surface area (Å²) in [5.74, 6) is 0.145. The van der Waals surface area contributed by atoms with Gasteiger partial charge in [-0.1, -0.05) is 24.3 Å². The van der Waals surface area contributed by atoms with Gasteiger partial charge in [0.2, 0.25) is 0 Å². The number of phenolic OH excluding ortho intramolecular Hbond substituents is 1. The van der Waals surface area contributed by atoms with Gasteiger partial charge in [0, 0.05) is 35.7 Å². The minimum atomic E-state index is -0.411. The van der Waals surface area contributed by atoms with Crippen LogP contribution in [0.25, 0.3) is 11.3 Å². The van der Waals surface area contributed by atoms with Crippen molar-refractivity contribution in [1.29, 1.82) is 0 Å². The fraction of sp³-hybridized carbons (Fsp3) is 0.0556. The number of hydrogen-bond acceptors (Lipinski definition) is 5. The van der Waals surface area contributed by atoms with Gasteiger partial charge in [0.1, 0.15) is 5.75 Å². The van der Waals surface area contributed by atoms with E-state index >= 15 is 0 Å². The van der Waals surface area contributed by atoms with Crippen LogP contribution >= 0.6 is 11.3 Å². The molecule has 1 heterocycles. The number of nitro groups is 1. The first-order valence-corrected chi connectivity index (χ1v) is 8.34. The first-order valence-electron chi connectivity index (χ1n) is 7.46. The number of nitrogens with zero attached hydrogens (tertiary/aromatic N) is 3. The molecule has 0 spiro atoms. The van der Waals surface area contributed by atoms with Crippen molar-refractivity contribution >= 4 is 22.7 Å². The minimum absolute atomic E-state index is 0.0420. The largest absolute Gasteiger partial charge is 0.508 e. The predicted octanol–water partition coefficient (Wildman–Crippen LogP) is 4.25. The normalized spacial score (nSPS) is 11.4. The Morgan fingerprint density at radius 3 is 2.80 bits per heavy atom. The average Bonchev–Trinajstić information content (AvgIpc) is 2.98. The number of non-ortho nitro benzene ring substituents is 1. The second-order valence-corrected chi connectivity index (χ2v) is 6.08. The van der Waals surface area contributed by atoms with Gasteiger partial charge >= 0.3 is 0 Å². The van der Waals surface area contributed by atoms with Crippen LogP contribution in [-0.4, -0.2) is 14.6 Å². The van der Waals surface area contributed by atoms with Crippen LogP contribution in [0.2, 0.25) is 0 Å². The van der Waals surface area contributed by atoms with Gasteiger partial charge in [0.25, 0.3) is 5.69 Å². The van der Waals surface area contributed by atoms with Crippen molar-refractivity contribution in [2.24, 2.45) is 4.99 Å². The van der Waals surface area contributed by atoms with Crippen LogP contribution in [0.3, 0.4) is 0 Å². The summed E-state index contributed by atoms with van der Waals surface area (Å²) in [7, 11) is 0. The average molecular weight is 353 g/mol. The topological polar surface area (TPSA) is 80.7 Å². The molecule has 0 aliphatic carbocycles. The summed E-state index contributed by atoms with van der Waals surface area (Å²) in [5.41, 5.74) is 2.24. The van der Waals surface area contributed by atoms with E-state index < -0.39 is 4.92 Å². The third-order valence-corrected chi connectivity index (χ3v) is 4.38. The summed E-state index contributed by atoms with van der Waals surface area (Å²) in [6.45, 7) is 4.29. The van der Waals surface area contributed by atoms with Gasteiger partial charge in [-0.2, -0.15) is 0 Å². The molecular weight excluding hydrogens is 338 g/mol. The third-order valence-electron chi connectivity index (χ3n) is 3.52. The van der Waals surface area contributed by atoms with Crippen molar-refractivity contribution in [3.63, 3.8) is 0 Å². The molecular formula is C18H15N3O3S. The van der Waals surface area contributed by atoms with E-state index in [1.54, 1.807) is 42.5 Å². The second-order valence-electron chi connectivity index (χ2n) is 5.24. The summed E-state index contributed by atoms with van der Waals surface area (Å²) in [6.07, 6.45) is 1.75. The maximum absolute atomic E-state index is 11.0. The van der Waals surface area contributed by atoms with E-state index in [0.717, 1.165) is 11.3 Å². The van der Waals surface area contributed by atoms with E-state index in [-0.39, 0.29) is 11.4 Å². The summed E-state index contributed by atoms with van der Waals surface area (Å²) in [4.78, 5) is 15.9. The van der Waals surface area contributed by atoms with Crippen molar-refractivity contribution in [1.82, 2.24) is 4.57 Å². The highest BCUT2D eigenvalue weighted by Crippen LogP contribution is 2.25. The Morgan fingerprint density at radius 2 is 2.08 bits per heavy atom. The first kappa shape index (κ1) is 16.7. The molecule has 3 rings (SSSR count). The highest BCUT2D eigenvalue weighted by atomic mass is 32.1. The maximum Gasteiger partial charge on any atom is 0.270 e. The van der Waals surface area contributed by atoms with Crippen LogP contribution in [0.15, 0.2) is 71.6 Å². The molecule has 6 nitrogen and oxygen atoms in total. The highest BCUT2D eigenvalue weighted by molar-refractivity contribution is 7.07. The smallest absolute Gasteiger partial charge is 0.270 e. The number of hydrogen-bond donors (Lipinski definition) is 1. The monoisotopic (exact) mass is 353 g/mol. The highest BCUT2D eigenvalue weighted by Gasteiger charge is 2.11. The van der Waals surface area contributed by atoms with E-state index in [1.165, 1.54) is 17.4 Å². The van der Waals surface area contributed by atoms with Gasteiger partial charge in [-0.25, -0.2) is 4.99 Å². The molecule has 0 amide bonds. The van der Waals surface area contributed by atoms with Crippen LogP contribution in [0.5, 0.6) is 5.75 Å². The number of allylic oxidation sites excluding steroid dienone is 1. The molecule has 126 valence electrons. The number of aromatic hydroxyl groups is 1. The van der Waals surface area contributed by atoms with Crippen LogP contribution in [-0.2, 0) is 6.54 Å². The Kier molecular flexibility index (Phi) is 4.76. The van der Waals surface area contributed by atoms with Gasteiger partial charge in [-0.3, -0.25) is 10.1 Å². The summed E-state index contributed by atoms with van der Waals surface area (Å²) in [6, 6.07) is 13.2.